The maximum Gasteiger partial charge on any atom is 0.228 e. The van der Waals surface area contributed by atoms with Crippen LogP contribution in [0.3, 0.4) is 0 Å². The third-order valence-electron chi connectivity index (χ3n) is 3.86. The predicted octanol–water partition coefficient (Wildman–Crippen LogP) is 3.61. The second-order valence-corrected chi connectivity index (χ2v) is 7.39. The van der Waals surface area contributed by atoms with Crippen LogP contribution < -0.4 is 5.73 Å². The highest BCUT2D eigenvalue weighted by Crippen LogP contribution is 2.32. The lowest BCUT2D eigenvalue weighted by Crippen LogP contribution is -2.46. The number of hydrogen-bond acceptors (Lipinski definition) is 4. The van der Waals surface area contributed by atoms with Crippen molar-refractivity contribution in [1.82, 2.24) is 9.88 Å². The van der Waals surface area contributed by atoms with Gasteiger partial charge in [0, 0.05) is 35.1 Å². The average Bonchev–Trinajstić information content (AvgIpc) is 2.95. The van der Waals surface area contributed by atoms with Crippen LogP contribution >= 0.6 is 34.5 Å². The van der Waals surface area contributed by atoms with Crippen molar-refractivity contribution < 1.29 is 4.79 Å². The Hall–Kier alpha value is -1.14. The number of nitrogens with two attached hydrogens (primary N) is 1. The van der Waals surface area contributed by atoms with Crippen LogP contribution in [0.2, 0.25) is 10.0 Å². The van der Waals surface area contributed by atoms with E-state index in [4.69, 9.17) is 28.9 Å². The molecule has 1 saturated heterocycles. The summed E-state index contributed by atoms with van der Waals surface area (Å²) >= 11 is 13.6. The summed E-state index contributed by atoms with van der Waals surface area (Å²) in [5.74, 6) is 0.0826. The van der Waals surface area contributed by atoms with Crippen LogP contribution in [0.15, 0.2) is 23.6 Å². The summed E-state index contributed by atoms with van der Waals surface area (Å²) in [4.78, 5) is 18.7. The molecule has 0 bridgehead atoms. The number of carbonyl (C=O) groups excluding carboxylic acids is 1. The van der Waals surface area contributed by atoms with Crippen LogP contribution in [0.4, 0.5) is 0 Å². The van der Waals surface area contributed by atoms with Crippen molar-refractivity contribution in [2.45, 2.75) is 25.3 Å². The molecule has 3 rings (SSSR count). The first-order valence-electron chi connectivity index (χ1n) is 7.46. The number of hydrogen-bond donors (Lipinski definition) is 1. The number of rotatable bonds is 3. The monoisotopic (exact) mass is 369 g/mol. The molecule has 1 aromatic carbocycles. The lowest BCUT2D eigenvalue weighted by Gasteiger charge is -2.30. The van der Waals surface area contributed by atoms with Crippen LogP contribution in [0.1, 0.15) is 18.5 Å². The lowest BCUT2D eigenvalue weighted by atomic mass is 10.1. The maximum absolute atomic E-state index is 12.4. The first kappa shape index (κ1) is 16.7. The number of benzene rings is 1. The fraction of sp³-hybridized carbons (Fsp3) is 0.375. The van der Waals surface area contributed by atoms with Gasteiger partial charge in [-0.2, -0.15) is 0 Å². The first-order valence-corrected chi connectivity index (χ1v) is 9.09. The topological polar surface area (TPSA) is 59.2 Å². The molecule has 2 aromatic rings. The molecule has 4 nitrogen and oxygen atoms in total. The molecule has 0 saturated carbocycles. The van der Waals surface area contributed by atoms with Gasteiger partial charge in [-0.25, -0.2) is 4.98 Å². The van der Waals surface area contributed by atoms with Crippen molar-refractivity contribution in [2.75, 3.05) is 13.1 Å². The van der Waals surface area contributed by atoms with E-state index < -0.39 is 0 Å². The van der Waals surface area contributed by atoms with E-state index in [0.29, 0.717) is 23.0 Å². The third kappa shape index (κ3) is 4.04. The summed E-state index contributed by atoms with van der Waals surface area (Å²) in [7, 11) is 0. The minimum Gasteiger partial charge on any atom is -0.341 e. The molecule has 23 heavy (non-hydrogen) atoms. The third-order valence-corrected chi connectivity index (χ3v) is 5.33. The molecule has 1 fully saturated rings. The number of nitrogens with zero attached hydrogens (tertiary/aromatic N) is 2. The molecule has 0 unspecified atom stereocenters. The second kappa shape index (κ2) is 7.18. The van der Waals surface area contributed by atoms with Crippen molar-refractivity contribution >= 4 is 40.4 Å². The molecule has 0 aliphatic carbocycles. The van der Waals surface area contributed by atoms with Gasteiger partial charge in [0.05, 0.1) is 17.1 Å². The van der Waals surface area contributed by atoms with Crippen LogP contribution in [-0.4, -0.2) is 34.9 Å². The standard InChI is InChI=1S/C16H17Cl2N3OS/c17-10-3-4-13(14(18)6-10)16-20-12(9-23-16)7-15(22)21-5-1-2-11(19)8-21/h3-4,6,9,11H,1-2,5,7-8,19H2/t11-/m1/s1. The lowest BCUT2D eigenvalue weighted by molar-refractivity contribution is -0.131. The minimum atomic E-state index is 0.0826. The van der Waals surface area contributed by atoms with E-state index in [1.807, 2.05) is 16.3 Å². The van der Waals surface area contributed by atoms with E-state index >= 15 is 0 Å². The van der Waals surface area contributed by atoms with Crippen LogP contribution in [0, 0.1) is 0 Å². The molecule has 122 valence electrons. The van der Waals surface area contributed by atoms with Gasteiger partial charge in [-0.1, -0.05) is 23.2 Å². The van der Waals surface area contributed by atoms with Gasteiger partial charge < -0.3 is 10.6 Å². The van der Waals surface area contributed by atoms with E-state index in [1.54, 1.807) is 12.1 Å². The van der Waals surface area contributed by atoms with Crippen LogP contribution in [-0.2, 0) is 11.2 Å². The summed E-state index contributed by atoms with van der Waals surface area (Å²) < 4.78 is 0. The number of halogens is 2. The Labute approximate surface area is 149 Å². The largest absolute Gasteiger partial charge is 0.341 e. The van der Waals surface area contributed by atoms with E-state index in [1.165, 1.54) is 11.3 Å². The van der Waals surface area contributed by atoms with Crippen molar-refractivity contribution in [3.05, 3.63) is 39.3 Å². The van der Waals surface area contributed by atoms with Gasteiger partial charge in [-0.05, 0) is 31.0 Å². The van der Waals surface area contributed by atoms with Gasteiger partial charge in [0.15, 0.2) is 0 Å². The SMILES string of the molecule is N[C@@H]1CCCN(C(=O)Cc2csc(-c3ccc(Cl)cc3Cl)n2)C1. The zero-order valence-corrected chi connectivity index (χ0v) is 14.8. The van der Waals surface area contributed by atoms with E-state index in [2.05, 4.69) is 4.98 Å². The molecule has 1 amide bonds. The van der Waals surface area contributed by atoms with Gasteiger partial charge in [-0.15, -0.1) is 11.3 Å². The number of aromatic nitrogens is 1. The summed E-state index contributed by atoms with van der Waals surface area (Å²) in [5.41, 5.74) is 7.53. The quantitative estimate of drug-likeness (QED) is 0.898. The second-order valence-electron chi connectivity index (χ2n) is 5.69. The average molecular weight is 370 g/mol. The van der Waals surface area contributed by atoms with Gasteiger partial charge >= 0.3 is 0 Å². The summed E-state index contributed by atoms with van der Waals surface area (Å²) in [6.07, 6.45) is 2.25. The Bertz CT molecular complexity index is 719. The van der Waals surface area contributed by atoms with Crippen molar-refractivity contribution in [3.63, 3.8) is 0 Å². The highest BCUT2D eigenvalue weighted by molar-refractivity contribution is 7.13. The zero-order chi connectivity index (χ0) is 16.4. The van der Waals surface area contributed by atoms with E-state index in [0.717, 1.165) is 35.7 Å². The molecule has 2 N–H and O–H groups in total. The predicted molar refractivity (Wildman–Crippen MR) is 95.1 cm³/mol. The smallest absolute Gasteiger partial charge is 0.228 e. The van der Waals surface area contributed by atoms with Crippen molar-refractivity contribution in [2.24, 2.45) is 5.73 Å². The zero-order valence-electron chi connectivity index (χ0n) is 12.5. The molecular weight excluding hydrogens is 353 g/mol. The molecule has 0 radical (unpaired) electrons. The molecule has 1 aliphatic rings. The Morgan fingerprint density at radius 2 is 2.26 bits per heavy atom. The van der Waals surface area contributed by atoms with Gasteiger partial charge in [0.25, 0.3) is 0 Å². The van der Waals surface area contributed by atoms with Gasteiger partial charge in [0.1, 0.15) is 5.01 Å². The van der Waals surface area contributed by atoms with E-state index in [9.17, 15) is 4.79 Å². The van der Waals surface area contributed by atoms with E-state index in [-0.39, 0.29) is 11.9 Å². The molecule has 1 aromatic heterocycles. The fourth-order valence-corrected chi connectivity index (χ4v) is 4.09. The Kier molecular flexibility index (Phi) is 5.21. The number of likely N-dealkylation sites (tertiary alicyclic amines) is 1. The fourth-order valence-electron chi connectivity index (χ4n) is 2.68. The first-order chi connectivity index (χ1) is 11.0. The number of carbonyl (C=O) groups is 1. The van der Waals surface area contributed by atoms with Gasteiger partial charge in [-0.3, -0.25) is 4.79 Å². The number of amides is 1. The number of thiazole rings is 1. The Balaban J connectivity index is 1.70. The molecule has 1 aliphatic heterocycles. The Morgan fingerprint density at radius 3 is 3.00 bits per heavy atom. The van der Waals surface area contributed by atoms with Crippen molar-refractivity contribution in [1.29, 1.82) is 0 Å². The highest BCUT2D eigenvalue weighted by Gasteiger charge is 2.22. The maximum atomic E-state index is 12.4. The molecule has 7 heteroatoms. The van der Waals surface area contributed by atoms with Crippen LogP contribution in [0.5, 0.6) is 0 Å². The molecule has 0 spiro atoms. The minimum absolute atomic E-state index is 0.0826. The summed E-state index contributed by atoms with van der Waals surface area (Å²) in [6, 6.07) is 5.41. The van der Waals surface area contributed by atoms with Crippen LogP contribution in [0.25, 0.3) is 10.6 Å². The Morgan fingerprint density at radius 1 is 1.43 bits per heavy atom. The van der Waals surface area contributed by atoms with Gasteiger partial charge in [0.2, 0.25) is 5.91 Å². The van der Waals surface area contributed by atoms with Crippen molar-refractivity contribution in [3.8, 4) is 10.6 Å². The highest BCUT2D eigenvalue weighted by atomic mass is 35.5. The summed E-state index contributed by atoms with van der Waals surface area (Å²) in [6.45, 7) is 1.42. The molecular formula is C16H17Cl2N3OS. The number of piperidine rings is 1. The summed E-state index contributed by atoms with van der Waals surface area (Å²) in [5, 5.41) is 3.85. The molecule has 1 atom stereocenters. The normalized spacial score (nSPS) is 18.2. The molecule has 2 heterocycles.